The van der Waals surface area contributed by atoms with Crippen molar-refractivity contribution in [2.45, 2.75) is 26.3 Å². The van der Waals surface area contributed by atoms with Gasteiger partial charge in [0.1, 0.15) is 12.7 Å². The van der Waals surface area contributed by atoms with E-state index < -0.39 is 0 Å². The molecule has 2 aromatic rings. The molecule has 1 aliphatic rings. The average Bonchev–Trinajstić information content (AvgIpc) is 2.96. The van der Waals surface area contributed by atoms with Crippen LogP contribution in [0.15, 0.2) is 36.9 Å². The molecule has 0 bridgehead atoms. The van der Waals surface area contributed by atoms with Crippen LogP contribution in [0.5, 0.6) is 0 Å². The highest BCUT2D eigenvalue weighted by molar-refractivity contribution is 5.94. The molecule has 0 atom stereocenters. The van der Waals surface area contributed by atoms with Crippen molar-refractivity contribution in [1.29, 1.82) is 0 Å². The molecule has 0 unspecified atom stereocenters. The first kappa shape index (κ1) is 13.8. The zero-order valence-corrected chi connectivity index (χ0v) is 12.3. The van der Waals surface area contributed by atoms with Gasteiger partial charge >= 0.3 is 0 Å². The summed E-state index contributed by atoms with van der Waals surface area (Å²) in [4.78, 5) is 18.2. The van der Waals surface area contributed by atoms with E-state index in [4.69, 9.17) is 0 Å². The van der Waals surface area contributed by atoms with Crippen molar-refractivity contribution in [2.24, 2.45) is 5.92 Å². The molecule has 1 saturated heterocycles. The lowest BCUT2D eigenvalue weighted by atomic mass is 9.98. The molecule has 1 aromatic heterocycles. The van der Waals surface area contributed by atoms with Crippen LogP contribution in [-0.4, -0.2) is 38.7 Å². The zero-order chi connectivity index (χ0) is 14.7. The minimum Gasteiger partial charge on any atom is -0.338 e. The molecule has 3 rings (SSSR count). The average molecular weight is 284 g/mol. The van der Waals surface area contributed by atoms with Gasteiger partial charge in [-0.2, -0.15) is 5.10 Å². The number of aryl methyl sites for hydroxylation is 1. The SMILES string of the molecule is CCCc1ccc(C(=O)N2CC(Cn3cncn3)C2)cc1. The Labute approximate surface area is 124 Å². The summed E-state index contributed by atoms with van der Waals surface area (Å²) in [5.74, 6) is 0.614. The molecule has 0 spiro atoms. The number of benzene rings is 1. The topological polar surface area (TPSA) is 51.0 Å². The lowest BCUT2D eigenvalue weighted by Gasteiger charge is -2.39. The number of hydrogen-bond acceptors (Lipinski definition) is 3. The highest BCUT2D eigenvalue weighted by atomic mass is 16.2. The van der Waals surface area contributed by atoms with E-state index in [1.165, 1.54) is 5.56 Å². The molecule has 2 heterocycles. The van der Waals surface area contributed by atoms with Crippen molar-refractivity contribution in [3.05, 3.63) is 48.0 Å². The van der Waals surface area contributed by atoms with E-state index in [0.717, 1.165) is 38.0 Å². The summed E-state index contributed by atoms with van der Waals surface area (Å²) in [7, 11) is 0. The second-order valence-electron chi connectivity index (χ2n) is 5.64. The third kappa shape index (κ3) is 3.12. The standard InChI is InChI=1S/C16H20N4O/c1-2-3-13-4-6-15(7-5-13)16(21)19-8-14(9-19)10-20-12-17-11-18-20/h4-7,11-12,14H,2-3,8-10H2,1H3. The second kappa shape index (κ2) is 6.08. The summed E-state index contributed by atoms with van der Waals surface area (Å²) in [6.07, 6.45) is 5.46. The number of likely N-dealkylation sites (tertiary alicyclic amines) is 1. The summed E-state index contributed by atoms with van der Waals surface area (Å²) in [5.41, 5.74) is 2.08. The van der Waals surface area contributed by atoms with E-state index >= 15 is 0 Å². The van der Waals surface area contributed by atoms with E-state index in [1.54, 1.807) is 12.7 Å². The predicted molar refractivity (Wildman–Crippen MR) is 79.9 cm³/mol. The van der Waals surface area contributed by atoms with Gasteiger partial charge in [-0.3, -0.25) is 9.48 Å². The van der Waals surface area contributed by atoms with Crippen LogP contribution in [0.25, 0.3) is 0 Å². The van der Waals surface area contributed by atoms with Crippen LogP contribution in [0.4, 0.5) is 0 Å². The highest BCUT2D eigenvalue weighted by Crippen LogP contribution is 2.20. The summed E-state index contributed by atoms with van der Waals surface area (Å²) >= 11 is 0. The number of nitrogens with zero attached hydrogens (tertiary/aromatic N) is 4. The molecular formula is C16H20N4O. The minimum absolute atomic E-state index is 0.132. The summed E-state index contributed by atoms with van der Waals surface area (Å²) in [6.45, 7) is 4.60. The van der Waals surface area contributed by atoms with Gasteiger partial charge in [-0.15, -0.1) is 0 Å². The Morgan fingerprint density at radius 1 is 1.29 bits per heavy atom. The normalized spacial score (nSPS) is 15.0. The van der Waals surface area contributed by atoms with E-state index in [-0.39, 0.29) is 5.91 Å². The van der Waals surface area contributed by atoms with Crippen molar-refractivity contribution in [3.63, 3.8) is 0 Å². The molecule has 1 aromatic carbocycles. The summed E-state index contributed by atoms with van der Waals surface area (Å²) < 4.78 is 1.83. The van der Waals surface area contributed by atoms with E-state index in [0.29, 0.717) is 5.92 Å². The molecule has 0 aliphatic carbocycles. The van der Waals surface area contributed by atoms with Crippen LogP contribution in [0, 0.1) is 5.92 Å². The zero-order valence-electron chi connectivity index (χ0n) is 12.3. The first-order valence-electron chi connectivity index (χ1n) is 7.47. The second-order valence-corrected chi connectivity index (χ2v) is 5.64. The fourth-order valence-corrected chi connectivity index (χ4v) is 2.73. The van der Waals surface area contributed by atoms with Gasteiger partial charge in [-0.25, -0.2) is 4.98 Å². The summed E-state index contributed by atoms with van der Waals surface area (Å²) in [5, 5.41) is 4.10. The predicted octanol–water partition coefficient (Wildman–Crippen LogP) is 2.00. The fourth-order valence-electron chi connectivity index (χ4n) is 2.73. The lowest BCUT2D eigenvalue weighted by molar-refractivity contribution is 0.0461. The van der Waals surface area contributed by atoms with Gasteiger partial charge in [-0.05, 0) is 24.1 Å². The smallest absolute Gasteiger partial charge is 0.253 e. The quantitative estimate of drug-likeness (QED) is 0.844. The third-order valence-corrected chi connectivity index (χ3v) is 3.90. The Bertz CT molecular complexity index is 585. The number of hydrogen-bond donors (Lipinski definition) is 0. The molecule has 1 fully saturated rings. The lowest BCUT2D eigenvalue weighted by Crippen LogP contribution is -2.51. The van der Waals surface area contributed by atoms with Crippen LogP contribution >= 0.6 is 0 Å². The maximum Gasteiger partial charge on any atom is 0.253 e. The Balaban J connectivity index is 1.53. The van der Waals surface area contributed by atoms with Gasteiger partial charge in [0, 0.05) is 31.1 Å². The van der Waals surface area contributed by atoms with E-state index in [2.05, 4.69) is 29.1 Å². The Morgan fingerprint density at radius 2 is 2.05 bits per heavy atom. The van der Waals surface area contributed by atoms with Crippen molar-refractivity contribution in [1.82, 2.24) is 19.7 Å². The summed E-state index contributed by atoms with van der Waals surface area (Å²) in [6, 6.07) is 8.00. The fraction of sp³-hybridized carbons (Fsp3) is 0.438. The van der Waals surface area contributed by atoms with Gasteiger partial charge in [0.15, 0.2) is 0 Å². The molecule has 1 amide bonds. The number of amides is 1. The van der Waals surface area contributed by atoms with Gasteiger partial charge in [0.2, 0.25) is 0 Å². The van der Waals surface area contributed by atoms with Crippen LogP contribution in [-0.2, 0) is 13.0 Å². The molecule has 5 heteroatoms. The molecular weight excluding hydrogens is 264 g/mol. The van der Waals surface area contributed by atoms with E-state index in [1.807, 2.05) is 21.7 Å². The Morgan fingerprint density at radius 3 is 2.67 bits per heavy atom. The van der Waals surface area contributed by atoms with Crippen LogP contribution < -0.4 is 0 Å². The van der Waals surface area contributed by atoms with Gasteiger partial charge in [0.05, 0.1) is 0 Å². The number of rotatable bonds is 5. The van der Waals surface area contributed by atoms with E-state index in [9.17, 15) is 4.79 Å². The number of carbonyl (C=O) groups excluding carboxylic acids is 1. The number of aromatic nitrogens is 3. The van der Waals surface area contributed by atoms with Gasteiger partial charge in [0.25, 0.3) is 5.91 Å². The monoisotopic (exact) mass is 284 g/mol. The molecule has 110 valence electrons. The van der Waals surface area contributed by atoms with Crippen molar-refractivity contribution in [2.75, 3.05) is 13.1 Å². The van der Waals surface area contributed by atoms with Crippen molar-refractivity contribution in [3.8, 4) is 0 Å². The maximum absolute atomic E-state index is 12.3. The number of carbonyl (C=O) groups is 1. The maximum atomic E-state index is 12.3. The third-order valence-electron chi connectivity index (χ3n) is 3.90. The molecule has 21 heavy (non-hydrogen) atoms. The molecule has 0 N–H and O–H groups in total. The van der Waals surface area contributed by atoms with Crippen LogP contribution in [0.1, 0.15) is 29.3 Å². The molecule has 1 aliphatic heterocycles. The van der Waals surface area contributed by atoms with Gasteiger partial charge in [-0.1, -0.05) is 25.5 Å². The first-order valence-corrected chi connectivity index (χ1v) is 7.47. The molecule has 0 saturated carbocycles. The molecule has 0 radical (unpaired) electrons. The van der Waals surface area contributed by atoms with Crippen molar-refractivity contribution >= 4 is 5.91 Å². The van der Waals surface area contributed by atoms with Gasteiger partial charge < -0.3 is 4.90 Å². The van der Waals surface area contributed by atoms with Crippen LogP contribution in [0.2, 0.25) is 0 Å². The molecule has 5 nitrogen and oxygen atoms in total. The van der Waals surface area contributed by atoms with Crippen LogP contribution in [0.3, 0.4) is 0 Å². The first-order chi connectivity index (χ1) is 10.3. The Hall–Kier alpha value is -2.17. The van der Waals surface area contributed by atoms with Crippen molar-refractivity contribution < 1.29 is 4.79 Å². The largest absolute Gasteiger partial charge is 0.338 e. The minimum atomic E-state index is 0.132. The highest BCUT2D eigenvalue weighted by Gasteiger charge is 2.31. The Kier molecular flexibility index (Phi) is 3.99.